The molecule has 1 saturated heterocycles. The van der Waals surface area contributed by atoms with Gasteiger partial charge in [0.25, 0.3) is 0 Å². The highest BCUT2D eigenvalue weighted by molar-refractivity contribution is 6.02. The number of hydrogen-bond donors (Lipinski definition) is 2. The molecule has 1 aliphatic rings. The van der Waals surface area contributed by atoms with Gasteiger partial charge in [0.05, 0.1) is 6.54 Å². The second-order valence-electron chi connectivity index (χ2n) is 7.98. The quantitative estimate of drug-likeness (QED) is 0.610. The topological polar surface area (TPSA) is 77.9 Å². The number of rotatable bonds is 7. The molecule has 2 heterocycles. The number of β-amino-alcohol motifs (C(OH)–C–C–N with tert-alkyl or cyclic N) is 1. The Kier molecular flexibility index (Phi) is 6.34. The van der Waals surface area contributed by atoms with E-state index in [4.69, 9.17) is 4.74 Å². The molecule has 0 spiro atoms. The molecule has 1 aromatic heterocycles. The molecule has 0 radical (unpaired) electrons. The third-order valence-electron chi connectivity index (χ3n) is 5.40. The summed E-state index contributed by atoms with van der Waals surface area (Å²) >= 11 is 0. The van der Waals surface area contributed by atoms with Gasteiger partial charge in [-0.2, -0.15) is 0 Å². The van der Waals surface area contributed by atoms with Gasteiger partial charge in [0.15, 0.2) is 0 Å². The Balaban J connectivity index is 1.55. The van der Waals surface area contributed by atoms with Crippen LogP contribution in [0.1, 0.15) is 0 Å². The molecular formula is C24H28N4O3. The Morgan fingerprint density at radius 3 is 2.71 bits per heavy atom. The third kappa shape index (κ3) is 4.78. The zero-order chi connectivity index (χ0) is 21.8. The van der Waals surface area contributed by atoms with E-state index in [2.05, 4.69) is 22.4 Å². The molecule has 2 N–H and O–H groups in total. The first-order chi connectivity index (χ1) is 15.0. The van der Waals surface area contributed by atoms with E-state index >= 15 is 0 Å². The number of nitrogens with one attached hydrogen (secondary N) is 1. The summed E-state index contributed by atoms with van der Waals surface area (Å²) in [5.74, 6) is 1.63. The molecule has 2 aromatic carbocycles. The summed E-state index contributed by atoms with van der Waals surface area (Å²) in [6.07, 6.45) is 1.12. The van der Waals surface area contributed by atoms with Crippen LogP contribution in [0.4, 0.5) is 5.82 Å². The lowest BCUT2D eigenvalue weighted by Gasteiger charge is -2.28. The van der Waals surface area contributed by atoms with E-state index in [0.717, 1.165) is 40.0 Å². The van der Waals surface area contributed by atoms with Crippen molar-refractivity contribution in [3.05, 3.63) is 54.7 Å². The largest absolute Gasteiger partial charge is 0.490 e. The van der Waals surface area contributed by atoms with Crippen LogP contribution in [0.5, 0.6) is 5.75 Å². The van der Waals surface area contributed by atoms with Gasteiger partial charge in [-0.1, -0.05) is 24.3 Å². The maximum atomic E-state index is 11.5. The number of carbonyl (C=O) groups is 1. The Morgan fingerprint density at radius 2 is 1.94 bits per heavy atom. The van der Waals surface area contributed by atoms with Gasteiger partial charge in [-0.25, -0.2) is 4.98 Å². The summed E-state index contributed by atoms with van der Waals surface area (Å²) in [7, 11) is 3.97. The van der Waals surface area contributed by atoms with Gasteiger partial charge in [0.1, 0.15) is 24.3 Å². The van der Waals surface area contributed by atoms with E-state index < -0.39 is 6.10 Å². The van der Waals surface area contributed by atoms with Crippen molar-refractivity contribution in [3.63, 3.8) is 0 Å². The van der Waals surface area contributed by atoms with Crippen molar-refractivity contribution in [1.82, 2.24) is 15.2 Å². The highest BCUT2D eigenvalue weighted by atomic mass is 16.5. The third-order valence-corrected chi connectivity index (χ3v) is 5.40. The summed E-state index contributed by atoms with van der Waals surface area (Å²) in [5, 5.41) is 15.3. The SMILES string of the molecule is CN(C)c1ncccc1-c1ccc(OCC(O)CN2CCNC(=O)C2)c2ccccc12. The highest BCUT2D eigenvalue weighted by Gasteiger charge is 2.20. The van der Waals surface area contributed by atoms with Crippen LogP contribution in [0.25, 0.3) is 21.9 Å². The van der Waals surface area contributed by atoms with Gasteiger partial charge < -0.3 is 20.1 Å². The van der Waals surface area contributed by atoms with Crippen LogP contribution in [-0.2, 0) is 4.79 Å². The number of piperazine rings is 1. The number of nitrogens with zero attached hydrogens (tertiary/aromatic N) is 3. The van der Waals surface area contributed by atoms with Gasteiger partial charge in [0.2, 0.25) is 5.91 Å². The van der Waals surface area contributed by atoms with E-state index in [1.165, 1.54) is 0 Å². The number of hydrogen-bond acceptors (Lipinski definition) is 6. The second kappa shape index (κ2) is 9.32. The molecule has 0 aliphatic carbocycles. The zero-order valence-corrected chi connectivity index (χ0v) is 17.9. The van der Waals surface area contributed by atoms with Crippen molar-refractivity contribution in [2.45, 2.75) is 6.10 Å². The van der Waals surface area contributed by atoms with E-state index in [0.29, 0.717) is 19.6 Å². The normalized spacial score (nSPS) is 15.5. The molecular weight excluding hydrogens is 392 g/mol. The Labute approximate surface area is 182 Å². The first-order valence-electron chi connectivity index (χ1n) is 10.5. The molecule has 3 aromatic rings. The number of aromatic nitrogens is 1. The fourth-order valence-electron chi connectivity index (χ4n) is 3.98. The maximum absolute atomic E-state index is 11.5. The van der Waals surface area contributed by atoms with Crippen LogP contribution >= 0.6 is 0 Å². The van der Waals surface area contributed by atoms with E-state index in [9.17, 15) is 9.90 Å². The Bertz CT molecular complexity index is 1070. The zero-order valence-electron chi connectivity index (χ0n) is 17.9. The van der Waals surface area contributed by atoms with Crippen LogP contribution in [0.15, 0.2) is 54.7 Å². The van der Waals surface area contributed by atoms with E-state index in [1.807, 2.05) is 60.3 Å². The molecule has 7 heteroatoms. The molecule has 1 unspecified atom stereocenters. The van der Waals surface area contributed by atoms with Gasteiger partial charge in [-0.3, -0.25) is 9.69 Å². The van der Waals surface area contributed by atoms with E-state index in [1.54, 1.807) is 6.20 Å². The molecule has 1 aliphatic heterocycles. The van der Waals surface area contributed by atoms with Crippen LogP contribution < -0.4 is 15.0 Å². The lowest BCUT2D eigenvalue weighted by Crippen LogP contribution is -2.50. The predicted molar refractivity (Wildman–Crippen MR) is 122 cm³/mol. The first-order valence-corrected chi connectivity index (χ1v) is 10.5. The number of aliphatic hydroxyl groups excluding tert-OH is 1. The summed E-state index contributed by atoms with van der Waals surface area (Å²) in [6, 6.07) is 16.1. The van der Waals surface area contributed by atoms with Crippen LogP contribution in [0.2, 0.25) is 0 Å². The summed E-state index contributed by atoms with van der Waals surface area (Å²) in [4.78, 5) is 20.0. The lowest BCUT2D eigenvalue weighted by atomic mass is 9.98. The molecule has 1 atom stereocenters. The minimum Gasteiger partial charge on any atom is -0.490 e. The van der Waals surface area contributed by atoms with Gasteiger partial charge in [0, 0.05) is 50.9 Å². The standard InChI is InChI=1S/C24H28N4O3/c1-27(2)24-21(8-5-11-26-24)19-9-10-22(20-7-4-3-6-18(19)20)31-16-17(29)14-28-13-12-25-23(30)15-28/h3-11,17,29H,12-16H2,1-2H3,(H,25,30). The highest BCUT2D eigenvalue weighted by Crippen LogP contribution is 2.37. The molecule has 0 saturated carbocycles. The number of aliphatic hydroxyl groups is 1. The van der Waals surface area contributed by atoms with Crippen molar-refractivity contribution in [2.24, 2.45) is 0 Å². The fourth-order valence-corrected chi connectivity index (χ4v) is 3.98. The molecule has 31 heavy (non-hydrogen) atoms. The van der Waals surface area contributed by atoms with Gasteiger partial charge >= 0.3 is 0 Å². The fraction of sp³-hybridized carbons (Fsp3) is 0.333. The van der Waals surface area contributed by atoms with Crippen LogP contribution in [-0.4, -0.2) is 73.9 Å². The molecule has 1 amide bonds. The number of carbonyl (C=O) groups excluding carboxylic acids is 1. The minimum absolute atomic E-state index is 0.00607. The van der Waals surface area contributed by atoms with Crippen molar-refractivity contribution in [2.75, 3.05) is 51.8 Å². The van der Waals surface area contributed by atoms with Crippen molar-refractivity contribution in [1.29, 1.82) is 0 Å². The van der Waals surface area contributed by atoms with Gasteiger partial charge in [-0.05, 0) is 35.2 Å². The number of ether oxygens (including phenoxy) is 1. The minimum atomic E-state index is -0.678. The number of amides is 1. The monoisotopic (exact) mass is 420 g/mol. The molecule has 1 fully saturated rings. The summed E-state index contributed by atoms with van der Waals surface area (Å²) in [5.41, 5.74) is 2.14. The van der Waals surface area contributed by atoms with Crippen molar-refractivity contribution < 1.29 is 14.6 Å². The smallest absolute Gasteiger partial charge is 0.234 e. The summed E-state index contributed by atoms with van der Waals surface area (Å²) < 4.78 is 6.01. The molecule has 7 nitrogen and oxygen atoms in total. The van der Waals surface area contributed by atoms with Crippen molar-refractivity contribution in [3.8, 4) is 16.9 Å². The predicted octanol–water partition coefficient (Wildman–Crippen LogP) is 2.14. The van der Waals surface area contributed by atoms with Crippen LogP contribution in [0.3, 0.4) is 0 Å². The number of pyridine rings is 1. The lowest BCUT2D eigenvalue weighted by molar-refractivity contribution is -0.124. The average Bonchev–Trinajstić information content (AvgIpc) is 2.77. The maximum Gasteiger partial charge on any atom is 0.234 e. The Morgan fingerprint density at radius 1 is 1.13 bits per heavy atom. The molecule has 162 valence electrons. The summed E-state index contributed by atoms with van der Waals surface area (Å²) in [6.45, 7) is 2.23. The van der Waals surface area contributed by atoms with E-state index in [-0.39, 0.29) is 12.5 Å². The number of benzene rings is 2. The second-order valence-corrected chi connectivity index (χ2v) is 7.98. The first kappa shape index (κ1) is 21.1. The van der Waals surface area contributed by atoms with Crippen molar-refractivity contribution >= 4 is 22.5 Å². The molecule has 0 bridgehead atoms. The Hall–Kier alpha value is -3.16. The molecule has 4 rings (SSSR count). The number of fused-ring (bicyclic) bond motifs is 1. The average molecular weight is 421 g/mol. The van der Waals surface area contributed by atoms with Crippen LogP contribution in [0, 0.1) is 0 Å². The number of anilines is 1. The van der Waals surface area contributed by atoms with Gasteiger partial charge in [-0.15, -0.1) is 0 Å².